The van der Waals surface area contributed by atoms with Gasteiger partial charge in [-0.15, -0.1) is 5.10 Å². The van der Waals surface area contributed by atoms with Crippen LogP contribution in [0.25, 0.3) is 16.6 Å². The van der Waals surface area contributed by atoms with Crippen LogP contribution in [0.4, 0.5) is 4.39 Å². The first-order valence-corrected chi connectivity index (χ1v) is 12.6. The van der Waals surface area contributed by atoms with E-state index < -0.39 is 11.5 Å². The average molecular weight is 491 g/mol. The molecular formula is C28H31FN4O3. The van der Waals surface area contributed by atoms with Crippen LogP contribution in [-0.2, 0) is 24.5 Å². The molecule has 1 saturated carbocycles. The molecule has 0 amide bonds. The Morgan fingerprint density at radius 1 is 1.11 bits per heavy atom. The fraction of sp³-hybridized carbons (Fsp3) is 0.393. The van der Waals surface area contributed by atoms with Gasteiger partial charge in [-0.2, -0.15) is 4.68 Å². The van der Waals surface area contributed by atoms with Gasteiger partial charge in [0.05, 0.1) is 12.1 Å². The van der Waals surface area contributed by atoms with Crippen LogP contribution in [0.15, 0.2) is 53.3 Å². The van der Waals surface area contributed by atoms with Crippen molar-refractivity contribution in [3.63, 3.8) is 0 Å². The number of halogens is 1. The molecule has 0 bridgehead atoms. The molecule has 188 valence electrons. The number of rotatable bonds is 9. The molecule has 0 aliphatic heterocycles. The topological polar surface area (TPSA) is 71.2 Å². The van der Waals surface area contributed by atoms with E-state index in [1.165, 1.54) is 10.6 Å². The lowest BCUT2D eigenvalue weighted by atomic mass is 9.96. The fourth-order valence-electron chi connectivity index (χ4n) is 4.45. The van der Waals surface area contributed by atoms with Gasteiger partial charge in [0.2, 0.25) is 5.88 Å². The molecule has 7 nitrogen and oxygen atoms in total. The van der Waals surface area contributed by atoms with Crippen LogP contribution in [0.5, 0.6) is 5.88 Å². The standard InChI is InChI=1S/C28H31FN4O3/c1-4-32-26(17-35-16-19-9-6-5-7-10-19)31-33(28(32)34)25-13-22-21(18(2)3)14-27(36-20-11-8-12-20)30-24(22)15-23(25)29/h5-7,9-10,13-15,18,20H,4,8,11-12,16-17H2,1-3H3. The van der Waals surface area contributed by atoms with E-state index in [9.17, 15) is 4.79 Å². The molecule has 0 radical (unpaired) electrons. The van der Waals surface area contributed by atoms with Crippen molar-refractivity contribution in [1.29, 1.82) is 0 Å². The fourth-order valence-corrected chi connectivity index (χ4v) is 4.45. The van der Waals surface area contributed by atoms with Crippen molar-refractivity contribution < 1.29 is 13.9 Å². The highest BCUT2D eigenvalue weighted by molar-refractivity contribution is 5.85. The van der Waals surface area contributed by atoms with E-state index >= 15 is 4.39 Å². The first-order valence-electron chi connectivity index (χ1n) is 12.6. The molecule has 1 fully saturated rings. The van der Waals surface area contributed by atoms with Crippen LogP contribution in [0.3, 0.4) is 0 Å². The zero-order chi connectivity index (χ0) is 25.2. The first-order chi connectivity index (χ1) is 17.4. The molecule has 0 N–H and O–H groups in total. The maximum absolute atomic E-state index is 15.4. The van der Waals surface area contributed by atoms with Crippen molar-refractivity contribution in [1.82, 2.24) is 19.3 Å². The predicted octanol–water partition coefficient (Wildman–Crippen LogP) is 5.51. The molecule has 0 saturated heterocycles. The van der Waals surface area contributed by atoms with Gasteiger partial charge in [0.1, 0.15) is 18.4 Å². The smallest absolute Gasteiger partial charge is 0.350 e. The third-order valence-corrected chi connectivity index (χ3v) is 6.67. The summed E-state index contributed by atoms with van der Waals surface area (Å²) in [5, 5.41) is 5.24. The van der Waals surface area contributed by atoms with E-state index in [-0.39, 0.29) is 24.3 Å². The molecular weight excluding hydrogens is 459 g/mol. The van der Waals surface area contributed by atoms with Crippen molar-refractivity contribution in [2.45, 2.75) is 71.8 Å². The van der Waals surface area contributed by atoms with Gasteiger partial charge in [-0.3, -0.25) is 4.57 Å². The minimum Gasteiger partial charge on any atom is -0.474 e. The Balaban J connectivity index is 1.49. The Hall–Kier alpha value is -3.52. The highest BCUT2D eigenvalue weighted by atomic mass is 19.1. The summed E-state index contributed by atoms with van der Waals surface area (Å²) < 4.78 is 29.8. The van der Waals surface area contributed by atoms with E-state index in [1.54, 1.807) is 6.07 Å². The second-order valence-corrected chi connectivity index (χ2v) is 9.53. The summed E-state index contributed by atoms with van der Waals surface area (Å²) in [6, 6.07) is 14.7. The molecule has 0 spiro atoms. The zero-order valence-corrected chi connectivity index (χ0v) is 20.9. The second kappa shape index (κ2) is 10.2. The number of nitrogens with zero attached hydrogens (tertiary/aromatic N) is 4. The summed E-state index contributed by atoms with van der Waals surface area (Å²) in [6.07, 6.45) is 3.37. The average Bonchev–Trinajstić information content (AvgIpc) is 3.15. The summed E-state index contributed by atoms with van der Waals surface area (Å²) in [5.74, 6) is 0.562. The Kier molecular flexibility index (Phi) is 6.87. The Labute approximate surface area is 209 Å². The highest BCUT2D eigenvalue weighted by Crippen LogP contribution is 2.32. The molecule has 1 aliphatic carbocycles. The monoisotopic (exact) mass is 490 g/mol. The maximum Gasteiger partial charge on any atom is 0.350 e. The largest absolute Gasteiger partial charge is 0.474 e. The Morgan fingerprint density at radius 2 is 1.89 bits per heavy atom. The Bertz CT molecular complexity index is 1420. The molecule has 2 aromatic carbocycles. The SMILES string of the molecule is CCn1c(COCc2ccccc2)nn(-c2cc3c(C(C)C)cc(OC4CCC4)nc3cc2F)c1=O. The minimum atomic E-state index is -0.565. The number of pyridine rings is 1. The molecule has 0 atom stereocenters. The lowest BCUT2D eigenvalue weighted by Crippen LogP contribution is -2.25. The number of hydrogen-bond donors (Lipinski definition) is 0. The van der Waals surface area contributed by atoms with E-state index in [2.05, 4.69) is 23.9 Å². The third kappa shape index (κ3) is 4.78. The van der Waals surface area contributed by atoms with Gasteiger partial charge >= 0.3 is 5.69 Å². The van der Waals surface area contributed by atoms with Gasteiger partial charge in [-0.1, -0.05) is 44.2 Å². The Morgan fingerprint density at radius 3 is 2.56 bits per heavy atom. The highest BCUT2D eigenvalue weighted by Gasteiger charge is 2.22. The summed E-state index contributed by atoms with van der Waals surface area (Å²) in [7, 11) is 0. The summed E-state index contributed by atoms with van der Waals surface area (Å²) >= 11 is 0. The minimum absolute atomic E-state index is 0.0976. The van der Waals surface area contributed by atoms with Crippen molar-refractivity contribution in [3.05, 3.63) is 81.8 Å². The summed E-state index contributed by atoms with van der Waals surface area (Å²) in [6.45, 7) is 6.94. The summed E-state index contributed by atoms with van der Waals surface area (Å²) in [5.41, 5.74) is 2.21. The molecule has 4 aromatic rings. The molecule has 36 heavy (non-hydrogen) atoms. The number of benzene rings is 2. The van der Waals surface area contributed by atoms with Crippen molar-refractivity contribution >= 4 is 10.9 Å². The van der Waals surface area contributed by atoms with E-state index in [4.69, 9.17) is 9.47 Å². The lowest BCUT2D eigenvalue weighted by molar-refractivity contribution is 0.0989. The molecule has 1 aliphatic rings. The van der Waals surface area contributed by atoms with Crippen molar-refractivity contribution in [3.8, 4) is 11.6 Å². The van der Waals surface area contributed by atoms with Crippen LogP contribution in [0.2, 0.25) is 0 Å². The van der Waals surface area contributed by atoms with Crippen LogP contribution in [0.1, 0.15) is 62.9 Å². The van der Waals surface area contributed by atoms with Gasteiger partial charge in [-0.25, -0.2) is 14.2 Å². The van der Waals surface area contributed by atoms with Crippen LogP contribution >= 0.6 is 0 Å². The number of aromatic nitrogens is 4. The van der Waals surface area contributed by atoms with E-state index in [0.717, 1.165) is 40.5 Å². The molecule has 2 heterocycles. The normalized spacial score (nSPS) is 13.9. The summed E-state index contributed by atoms with van der Waals surface area (Å²) in [4.78, 5) is 17.8. The van der Waals surface area contributed by atoms with Gasteiger partial charge in [-0.05, 0) is 49.3 Å². The molecule has 8 heteroatoms. The maximum atomic E-state index is 15.4. The van der Waals surface area contributed by atoms with E-state index in [0.29, 0.717) is 30.4 Å². The lowest BCUT2D eigenvalue weighted by Gasteiger charge is -2.26. The van der Waals surface area contributed by atoms with Crippen LogP contribution in [-0.4, -0.2) is 25.4 Å². The van der Waals surface area contributed by atoms with Crippen LogP contribution < -0.4 is 10.4 Å². The predicted molar refractivity (Wildman–Crippen MR) is 136 cm³/mol. The zero-order valence-electron chi connectivity index (χ0n) is 20.9. The number of hydrogen-bond acceptors (Lipinski definition) is 5. The molecule has 5 rings (SSSR count). The third-order valence-electron chi connectivity index (χ3n) is 6.67. The second-order valence-electron chi connectivity index (χ2n) is 9.53. The molecule has 0 unspecified atom stereocenters. The van der Waals surface area contributed by atoms with Crippen molar-refractivity contribution in [2.24, 2.45) is 0 Å². The number of fused-ring (bicyclic) bond motifs is 1. The quantitative estimate of drug-likeness (QED) is 0.309. The van der Waals surface area contributed by atoms with Gasteiger partial charge in [0.15, 0.2) is 11.6 Å². The van der Waals surface area contributed by atoms with Gasteiger partial charge in [0, 0.05) is 24.1 Å². The van der Waals surface area contributed by atoms with Crippen LogP contribution in [0, 0.1) is 5.82 Å². The van der Waals surface area contributed by atoms with Gasteiger partial charge < -0.3 is 9.47 Å². The van der Waals surface area contributed by atoms with Gasteiger partial charge in [0.25, 0.3) is 0 Å². The number of ether oxygens (including phenoxy) is 2. The van der Waals surface area contributed by atoms with E-state index in [1.807, 2.05) is 43.3 Å². The first kappa shape index (κ1) is 24.2. The van der Waals surface area contributed by atoms with Crippen molar-refractivity contribution in [2.75, 3.05) is 0 Å². The molecule has 2 aromatic heterocycles.